The van der Waals surface area contributed by atoms with Crippen molar-refractivity contribution in [3.8, 4) is 5.75 Å². The summed E-state index contributed by atoms with van der Waals surface area (Å²) in [6, 6.07) is 12.8. The maximum Gasteiger partial charge on any atom is 0.301 e. The fraction of sp³-hybridized carbons (Fsp3) is 0.105. The molecular weight excluding hydrogens is 336 g/mol. The van der Waals surface area contributed by atoms with Crippen LogP contribution in [0.1, 0.15) is 12.5 Å². The molecule has 7 heteroatoms. The van der Waals surface area contributed by atoms with Crippen molar-refractivity contribution in [1.29, 1.82) is 0 Å². The van der Waals surface area contributed by atoms with Crippen LogP contribution in [0.15, 0.2) is 54.3 Å². The highest BCUT2D eigenvalue weighted by molar-refractivity contribution is 6.45. The monoisotopic (exact) mass is 352 g/mol. The summed E-state index contributed by atoms with van der Waals surface area (Å²) in [7, 11) is 1.43. The van der Waals surface area contributed by atoms with E-state index < -0.39 is 17.6 Å². The molecule has 1 heterocycles. The van der Waals surface area contributed by atoms with E-state index in [9.17, 15) is 19.5 Å². The van der Waals surface area contributed by atoms with Gasteiger partial charge in [-0.05, 0) is 29.8 Å². The summed E-state index contributed by atoms with van der Waals surface area (Å²) in [6.07, 6.45) is 0. The van der Waals surface area contributed by atoms with Crippen LogP contribution in [0.2, 0.25) is 0 Å². The van der Waals surface area contributed by atoms with Crippen LogP contribution in [0.5, 0.6) is 5.75 Å². The van der Waals surface area contributed by atoms with E-state index in [4.69, 9.17) is 4.74 Å². The summed E-state index contributed by atoms with van der Waals surface area (Å²) in [6.45, 7) is 1.38. The summed E-state index contributed by atoms with van der Waals surface area (Å²) in [5.74, 6) is -1.99. The molecule has 0 aromatic heterocycles. The predicted molar refractivity (Wildman–Crippen MR) is 95.8 cm³/mol. The van der Waals surface area contributed by atoms with Gasteiger partial charge in [-0.1, -0.05) is 24.3 Å². The Bertz CT molecular complexity index is 931. The normalized spacial score (nSPS) is 14.0. The van der Waals surface area contributed by atoms with E-state index in [1.165, 1.54) is 14.0 Å². The Morgan fingerprint density at radius 1 is 1.04 bits per heavy atom. The lowest BCUT2D eigenvalue weighted by Gasteiger charge is -2.17. The third kappa shape index (κ3) is 2.90. The van der Waals surface area contributed by atoms with Gasteiger partial charge in [0.25, 0.3) is 5.91 Å². The maximum atomic E-state index is 12.8. The van der Waals surface area contributed by atoms with E-state index in [0.717, 1.165) is 4.90 Å². The number of aliphatic hydroxyl groups excluding tert-OH is 1. The minimum Gasteiger partial charge on any atom is -0.502 e. The molecule has 3 amide bonds. The molecule has 0 fully saturated rings. The van der Waals surface area contributed by atoms with Gasteiger partial charge < -0.3 is 15.2 Å². The van der Waals surface area contributed by atoms with Crippen molar-refractivity contribution in [2.45, 2.75) is 6.92 Å². The van der Waals surface area contributed by atoms with Gasteiger partial charge in [-0.2, -0.15) is 0 Å². The number of carbonyl (C=O) groups is 3. The number of ether oxygens (including phenoxy) is 1. The van der Waals surface area contributed by atoms with Crippen molar-refractivity contribution < 1.29 is 24.2 Å². The van der Waals surface area contributed by atoms with Crippen molar-refractivity contribution in [3.63, 3.8) is 0 Å². The van der Waals surface area contributed by atoms with Gasteiger partial charge in [0.2, 0.25) is 5.91 Å². The number of hydrogen-bond acceptors (Lipinski definition) is 5. The van der Waals surface area contributed by atoms with Gasteiger partial charge in [0.05, 0.1) is 18.4 Å². The van der Waals surface area contributed by atoms with Crippen LogP contribution in [0.25, 0.3) is 5.57 Å². The Kier molecular flexibility index (Phi) is 4.45. The van der Waals surface area contributed by atoms with E-state index in [0.29, 0.717) is 17.0 Å². The highest BCUT2D eigenvalue weighted by atomic mass is 16.5. The number of aliphatic hydroxyl groups is 1. The van der Waals surface area contributed by atoms with Crippen molar-refractivity contribution in [1.82, 2.24) is 0 Å². The molecule has 2 aromatic carbocycles. The van der Waals surface area contributed by atoms with Crippen molar-refractivity contribution in [2.24, 2.45) is 0 Å². The number of carbonyl (C=O) groups excluding carboxylic acids is 3. The topological polar surface area (TPSA) is 95.9 Å². The highest BCUT2D eigenvalue weighted by Crippen LogP contribution is 2.36. The molecule has 0 bridgehead atoms. The van der Waals surface area contributed by atoms with Gasteiger partial charge in [0.1, 0.15) is 5.75 Å². The molecule has 2 aromatic rings. The van der Waals surface area contributed by atoms with Gasteiger partial charge in [-0.3, -0.25) is 14.4 Å². The standard InChI is InChI=1S/C19H16N2O5/c1-11(22)20-13-9-7-12(8-10-13)16-17(23)19(25)21(18(16)24)14-5-3-4-6-15(14)26-2/h3-10,23H,1-2H3,(H,20,22). The zero-order valence-corrected chi connectivity index (χ0v) is 14.1. The van der Waals surface area contributed by atoms with E-state index >= 15 is 0 Å². The fourth-order valence-electron chi connectivity index (χ4n) is 2.74. The largest absolute Gasteiger partial charge is 0.502 e. The first kappa shape index (κ1) is 17.2. The molecule has 0 saturated carbocycles. The van der Waals surface area contributed by atoms with E-state index in [1.54, 1.807) is 48.5 Å². The second-order valence-corrected chi connectivity index (χ2v) is 5.60. The van der Waals surface area contributed by atoms with Crippen LogP contribution in [-0.2, 0) is 14.4 Å². The predicted octanol–water partition coefficient (Wildman–Crippen LogP) is 2.50. The molecule has 26 heavy (non-hydrogen) atoms. The molecule has 0 spiro atoms. The second-order valence-electron chi connectivity index (χ2n) is 5.60. The minimum absolute atomic E-state index is 0.102. The third-order valence-corrected chi connectivity index (χ3v) is 3.88. The van der Waals surface area contributed by atoms with Crippen LogP contribution in [0.3, 0.4) is 0 Å². The van der Waals surface area contributed by atoms with Crippen LogP contribution < -0.4 is 15.0 Å². The molecule has 0 aliphatic carbocycles. The number of imide groups is 1. The summed E-state index contributed by atoms with van der Waals surface area (Å²) < 4.78 is 5.20. The van der Waals surface area contributed by atoms with Crippen LogP contribution in [-0.4, -0.2) is 29.9 Å². The average Bonchev–Trinajstić information content (AvgIpc) is 2.84. The van der Waals surface area contributed by atoms with E-state index in [-0.39, 0.29) is 17.2 Å². The highest BCUT2D eigenvalue weighted by Gasteiger charge is 2.41. The number of benzene rings is 2. The third-order valence-electron chi connectivity index (χ3n) is 3.88. The zero-order valence-electron chi connectivity index (χ0n) is 14.1. The first-order valence-electron chi connectivity index (χ1n) is 7.77. The van der Waals surface area contributed by atoms with Gasteiger partial charge in [0, 0.05) is 12.6 Å². The lowest BCUT2D eigenvalue weighted by atomic mass is 10.0. The Labute approximate surface area is 149 Å². The van der Waals surface area contributed by atoms with Crippen LogP contribution in [0.4, 0.5) is 11.4 Å². The number of hydrogen-bond donors (Lipinski definition) is 2. The Balaban J connectivity index is 1.98. The SMILES string of the molecule is COc1ccccc1N1C(=O)C(O)=C(c2ccc(NC(C)=O)cc2)C1=O. The lowest BCUT2D eigenvalue weighted by Crippen LogP contribution is -2.31. The van der Waals surface area contributed by atoms with Gasteiger partial charge in [-0.25, -0.2) is 4.90 Å². The number of nitrogens with zero attached hydrogens (tertiary/aromatic N) is 1. The fourth-order valence-corrected chi connectivity index (χ4v) is 2.74. The van der Waals surface area contributed by atoms with Crippen molar-refractivity contribution >= 4 is 34.7 Å². The quantitative estimate of drug-likeness (QED) is 0.824. The first-order chi connectivity index (χ1) is 12.4. The van der Waals surface area contributed by atoms with Gasteiger partial charge in [0.15, 0.2) is 5.76 Å². The maximum absolute atomic E-state index is 12.8. The molecule has 1 aliphatic rings. The van der Waals surface area contributed by atoms with Crippen molar-refractivity contribution in [3.05, 3.63) is 59.9 Å². The first-order valence-corrected chi connectivity index (χ1v) is 7.77. The summed E-state index contributed by atoms with van der Waals surface area (Å²) in [4.78, 5) is 37.2. The number of methoxy groups -OCH3 is 1. The number of anilines is 2. The summed E-state index contributed by atoms with van der Waals surface area (Å²) in [5.41, 5.74) is 1.06. The minimum atomic E-state index is -0.819. The molecular formula is C19H16N2O5. The zero-order chi connectivity index (χ0) is 18.8. The molecule has 0 unspecified atom stereocenters. The molecule has 3 rings (SSSR count). The molecule has 7 nitrogen and oxygen atoms in total. The van der Waals surface area contributed by atoms with Crippen LogP contribution in [0, 0.1) is 0 Å². The summed E-state index contributed by atoms with van der Waals surface area (Å²) >= 11 is 0. The Morgan fingerprint density at radius 2 is 1.69 bits per heavy atom. The molecule has 2 N–H and O–H groups in total. The number of amides is 3. The summed E-state index contributed by atoms with van der Waals surface area (Å²) in [5, 5.41) is 12.9. The molecule has 0 saturated heterocycles. The Hall–Kier alpha value is -3.61. The van der Waals surface area contributed by atoms with Crippen molar-refractivity contribution in [2.75, 3.05) is 17.3 Å². The molecule has 1 aliphatic heterocycles. The van der Waals surface area contributed by atoms with E-state index in [2.05, 4.69) is 5.32 Å². The van der Waals surface area contributed by atoms with Gasteiger partial charge >= 0.3 is 5.91 Å². The second kappa shape index (κ2) is 6.72. The number of rotatable bonds is 4. The van der Waals surface area contributed by atoms with E-state index in [1.807, 2.05) is 0 Å². The average molecular weight is 352 g/mol. The lowest BCUT2D eigenvalue weighted by molar-refractivity contribution is -0.121. The smallest absolute Gasteiger partial charge is 0.301 e. The Morgan fingerprint density at radius 3 is 2.31 bits per heavy atom. The van der Waals surface area contributed by atoms with Crippen LogP contribution >= 0.6 is 0 Å². The number of para-hydroxylation sites is 2. The van der Waals surface area contributed by atoms with Gasteiger partial charge in [-0.15, -0.1) is 0 Å². The number of nitrogens with one attached hydrogen (secondary N) is 1. The molecule has 132 valence electrons. The molecule has 0 atom stereocenters. The molecule has 0 radical (unpaired) electrons.